The minimum absolute atomic E-state index is 0.183. The first-order valence-electron chi connectivity index (χ1n) is 4.59. The molecule has 0 aliphatic carbocycles. The molecule has 1 aromatic rings. The minimum atomic E-state index is -3.09. The van der Waals surface area contributed by atoms with E-state index in [0.717, 1.165) is 6.08 Å². The average molecular weight is 241 g/mol. The van der Waals surface area contributed by atoms with Crippen LogP contribution in [0, 0.1) is 0 Å². The fourth-order valence-corrected chi connectivity index (χ4v) is 1.08. The van der Waals surface area contributed by atoms with Gasteiger partial charge in [0.05, 0.1) is 0 Å². The van der Waals surface area contributed by atoms with Gasteiger partial charge in [0.15, 0.2) is 0 Å². The lowest BCUT2D eigenvalue weighted by Crippen LogP contribution is -2.19. The van der Waals surface area contributed by atoms with Gasteiger partial charge in [0.1, 0.15) is 0 Å². The Morgan fingerprint density at radius 2 is 2.06 bits per heavy atom. The summed E-state index contributed by atoms with van der Waals surface area (Å²) in [6, 6.07) is 5.91. The molecule has 0 bridgehead atoms. The molecular formula is C11H9F2NO3. The van der Waals surface area contributed by atoms with Crippen LogP contribution in [0.25, 0.3) is 6.08 Å². The summed E-state index contributed by atoms with van der Waals surface area (Å²) in [5.41, 5.74) is 0.669. The second-order valence-corrected chi connectivity index (χ2v) is 3.09. The smallest absolute Gasteiger partial charge is 0.328 e. The third-order valence-corrected chi connectivity index (χ3v) is 1.77. The molecular weight excluding hydrogens is 232 g/mol. The number of aliphatic carboxylic acids is 1. The summed E-state index contributed by atoms with van der Waals surface area (Å²) < 4.78 is 23.9. The molecule has 6 heteroatoms. The van der Waals surface area contributed by atoms with E-state index < -0.39 is 18.3 Å². The van der Waals surface area contributed by atoms with Gasteiger partial charge in [0.25, 0.3) is 5.91 Å². The molecule has 1 rings (SSSR count). The summed E-state index contributed by atoms with van der Waals surface area (Å²) in [6.07, 6.45) is -0.887. The third-order valence-electron chi connectivity index (χ3n) is 1.77. The standard InChI is InChI=1S/C11H9F2NO3/c12-10(13)11(17)14-8-3-1-2-7(6-8)4-5-9(15)16/h1-6,10H,(H,14,17)(H,15,16)/b5-4+. The van der Waals surface area contributed by atoms with Crippen LogP contribution in [0.4, 0.5) is 14.5 Å². The topological polar surface area (TPSA) is 66.4 Å². The molecule has 0 aliphatic heterocycles. The molecule has 0 aliphatic rings. The lowest BCUT2D eigenvalue weighted by molar-refractivity contribution is -0.131. The number of halogens is 2. The van der Waals surface area contributed by atoms with Gasteiger partial charge in [-0.3, -0.25) is 4.79 Å². The molecule has 1 amide bonds. The molecule has 2 N–H and O–H groups in total. The summed E-state index contributed by atoms with van der Waals surface area (Å²) in [6.45, 7) is 0. The van der Waals surface area contributed by atoms with Crippen molar-refractivity contribution in [3.8, 4) is 0 Å². The molecule has 0 radical (unpaired) electrons. The molecule has 0 fully saturated rings. The number of hydrogen-bond acceptors (Lipinski definition) is 2. The SMILES string of the molecule is O=C(O)/C=C/c1cccc(NC(=O)C(F)F)c1. The van der Waals surface area contributed by atoms with Crippen molar-refractivity contribution < 1.29 is 23.5 Å². The number of benzene rings is 1. The van der Waals surface area contributed by atoms with Crippen LogP contribution in [0.15, 0.2) is 30.3 Å². The fraction of sp³-hybridized carbons (Fsp3) is 0.0909. The van der Waals surface area contributed by atoms with Crippen molar-refractivity contribution in [2.75, 3.05) is 5.32 Å². The van der Waals surface area contributed by atoms with Crippen molar-refractivity contribution in [1.82, 2.24) is 0 Å². The highest BCUT2D eigenvalue weighted by molar-refractivity contribution is 5.93. The van der Waals surface area contributed by atoms with Gasteiger partial charge in [-0.25, -0.2) is 4.79 Å². The number of amides is 1. The molecule has 17 heavy (non-hydrogen) atoms. The van der Waals surface area contributed by atoms with Crippen LogP contribution in [-0.2, 0) is 9.59 Å². The fourth-order valence-electron chi connectivity index (χ4n) is 1.08. The zero-order valence-corrected chi connectivity index (χ0v) is 8.56. The van der Waals surface area contributed by atoms with Crippen LogP contribution in [0.5, 0.6) is 0 Å². The van der Waals surface area contributed by atoms with Crippen LogP contribution in [-0.4, -0.2) is 23.4 Å². The molecule has 0 spiro atoms. The molecule has 90 valence electrons. The lowest BCUT2D eigenvalue weighted by atomic mass is 10.2. The largest absolute Gasteiger partial charge is 0.478 e. The zero-order chi connectivity index (χ0) is 12.8. The van der Waals surface area contributed by atoms with E-state index in [1.165, 1.54) is 24.3 Å². The van der Waals surface area contributed by atoms with E-state index >= 15 is 0 Å². The van der Waals surface area contributed by atoms with Gasteiger partial charge in [0, 0.05) is 11.8 Å². The number of hydrogen-bond donors (Lipinski definition) is 2. The summed E-state index contributed by atoms with van der Waals surface area (Å²) in [7, 11) is 0. The minimum Gasteiger partial charge on any atom is -0.478 e. The Morgan fingerprint density at radius 3 is 2.65 bits per heavy atom. The molecule has 0 heterocycles. The van der Waals surface area contributed by atoms with Gasteiger partial charge in [-0.05, 0) is 23.8 Å². The molecule has 0 saturated heterocycles. The Hall–Kier alpha value is -2.24. The molecule has 1 aromatic carbocycles. The number of carboxylic acid groups (broad SMARTS) is 1. The van der Waals surface area contributed by atoms with Crippen LogP contribution in [0.2, 0.25) is 0 Å². The summed E-state index contributed by atoms with van der Waals surface area (Å²) in [5.74, 6) is -2.52. The van der Waals surface area contributed by atoms with Crippen molar-refractivity contribution in [2.45, 2.75) is 6.43 Å². The first kappa shape index (κ1) is 12.8. The van der Waals surface area contributed by atoms with Gasteiger partial charge in [-0.15, -0.1) is 0 Å². The van der Waals surface area contributed by atoms with Crippen LogP contribution in [0.3, 0.4) is 0 Å². The Balaban J connectivity index is 2.79. The molecule has 0 atom stereocenters. The maximum absolute atomic E-state index is 12.0. The number of anilines is 1. The second kappa shape index (κ2) is 5.74. The zero-order valence-electron chi connectivity index (χ0n) is 8.56. The summed E-state index contributed by atoms with van der Waals surface area (Å²) >= 11 is 0. The van der Waals surface area contributed by atoms with Crippen molar-refractivity contribution in [3.05, 3.63) is 35.9 Å². The molecule has 0 unspecified atom stereocenters. The number of nitrogens with one attached hydrogen (secondary N) is 1. The van der Waals surface area contributed by atoms with Crippen LogP contribution in [0.1, 0.15) is 5.56 Å². The molecule has 4 nitrogen and oxygen atoms in total. The number of rotatable bonds is 4. The van der Waals surface area contributed by atoms with E-state index in [1.54, 1.807) is 6.07 Å². The molecule has 0 aromatic heterocycles. The quantitative estimate of drug-likeness (QED) is 0.792. The summed E-state index contributed by atoms with van der Waals surface area (Å²) in [4.78, 5) is 21.0. The van der Waals surface area contributed by atoms with Gasteiger partial charge >= 0.3 is 12.4 Å². The van der Waals surface area contributed by atoms with E-state index in [1.807, 2.05) is 5.32 Å². The highest BCUT2D eigenvalue weighted by Gasteiger charge is 2.14. The Bertz CT molecular complexity index is 458. The van der Waals surface area contributed by atoms with Crippen molar-refractivity contribution in [3.63, 3.8) is 0 Å². The lowest BCUT2D eigenvalue weighted by Gasteiger charge is -2.04. The number of carbonyl (C=O) groups is 2. The van der Waals surface area contributed by atoms with E-state index in [2.05, 4.69) is 0 Å². The number of alkyl halides is 2. The van der Waals surface area contributed by atoms with Crippen LogP contribution >= 0.6 is 0 Å². The average Bonchev–Trinajstić information content (AvgIpc) is 2.26. The highest BCUT2D eigenvalue weighted by Crippen LogP contribution is 2.12. The maximum atomic E-state index is 12.0. The first-order valence-corrected chi connectivity index (χ1v) is 4.59. The number of carbonyl (C=O) groups excluding carboxylic acids is 1. The van der Waals surface area contributed by atoms with Crippen molar-refractivity contribution >= 4 is 23.6 Å². The van der Waals surface area contributed by atoms with Crippen molar-refractivity contribution in [2.24, 2.45) is 0 Å². The van der Waals surface area contributed by atoms with Gasteiger partial charge in [-0.2, -0.15) is 8.78 Å². The molecule has 0 saturated carbocycles. The van der Waals surface area contributed by atoms with Crippen LogP contribution < -0.4 is 5.32 Å². The Labute approximate surface area is 95.6 Å². The van der Waals surface area contributed by atoms with E-state index in [0.29, 0.717) is 5.56 Å². The predicted octanol–water partition coefficient (Wildman–Crippen LogP) is 1.99. The van der Waals surface area contributed by atoms with E-state index in [9.17, 15) is 18.4 Å². The Kier molecular flexibility index (Phi) is 4.33. The number of carboxylic acids is 1. The van der Waals surface area contributed by atoms with Gasteiger partial charge in [-0.1, -0.05) is 12.1 Å². The van der Waals surface area contributed by atoms with E-state index in [4.69, 9.17) is 5.11 Å². The monoisotopic (exact) mass is 241 g/mol. The third kappa shape index (κ3) is 4.42. The maximum Gasteiger partial charge on any atom is 0.328 e. The highest BCUT2D eigenvalue weighted by atomic mass is 19.3. The normalized spacial score (nSPS) is 10.8. The Morgan fingerprint density at radius 1 is 1.35 bits per heavy atom. The summed E-state index contributed by atoms with van der Waals surface area (Å²) in [5, 5.41) is 10.4. The van der Waals surface area contributed by atoms with Gasteiger partial charge in [0.2, 0.25) is 0 Å². The first-order chi connectivity index (χ1) is 7.99. The van der Waals surface area contributed by atoms with E-state index in [-0.39, 0.29) is 5.69 Å². The predicted molar refractivity (Wildman–Crippen MR) is 57.7 cm³/mol. The van der Waals surface area contributed by atoms with Gasteiger partial charge < -0.3 is 10.4 Å². The van der Waals surface area contributed by atoms with Crippen molar-refractivity contribution in [1.29, 1.82) is 0 Å². The second-order valence-electron chi connectivity index (χ2n) is 3.09.